The second-order valence-electron chi connectivity index (χ2n) is 8.20. The van der Waals surface area contributed by atoms with Crippen LogP contribution < -0.4 is 11.3 Å². The number of benzene rings is 3. The molecule has 0 radical (unpaired) electrons. The Morgan fingerprint density at radius 3 is 2.73 bits per heavy atom. The molecule has 0 aliphatic carbocycles. The molecule has 2 N–H and O–H groups in total. The minimum absolute atomic E-state index is 0.0291. The van der Waals surface area contributed by atoms with Gasteiger partial charge in [0.15, 0.2) is 0 Å². The maximum absolute atomic E-state index is 13.5. The molecule has 2 heterocycles. The fourth-order valence-electron chi connectivity index (χ4n) is 4.57. The maximum Gasteiger partial charge on any atom is 0.261 e. The number of aromatic nitrogens is 2. The van der Waals surface area contributed by atoms with Crippen molar-refractivity contribution in [2.24, 2.45) is 5.73 Å². The third-order valence-corrected chi connectivity index (χ3v) is 6.07. The number of fused-ring (bicyclic) bond motifs is 3. The van der Waals surface area contributed by atoms with Gasteiger partial charge in [0, 0.05) is 18.0 Å². The molecule has 3 aromatic carbocycles. The van der Waals surface area contributed by atoms with E-state index in [0.29, 0.717) is 18.6 Å². The van der Waals surface area contributed by atoms with Crippen molar-refractivity contribution in [3.8, 4) is 0 Å². The van der Waals surface area contributed by atoms with Crippen LogP contribution in [0.3, 0.4) is 0 Å². The van der Waals surface area contributed by atoms with E-state index in [1.54, 1.807) is 10.9 Å². The van der Waals surface area contributed by atoms with Crippen LogP contribution in [0.15, 0.2) is 65.7 Å². The Morgan fingerprint density at radius 1 is 1.10 bits per heavy atom. The lowest BCUT2D eigenvalue weighted by atomic mass is 9.95. The van der Waals surface area contributed by atoms with Crippen molar-refractivity contribution in [3.63, 3.8) is 0 Å². The van der Waals surface area contributed by atoms with E-state index in [1.807, 2.05) is 24.3 Å². The molecule has 0 saturated carbocycles. The van der Waals surface area contributed by atoms with Crippen LogP contribution in [0.2, 0.25) is 0 Å². The topological polar surface area (TPSA) is 70.1 Å². The van der Waals surface area contributed by atoms with Gasteiger partial charge in [0.25, 0.3) is 5.56 Å². The minimum atomic E-state index is -0.206. The number of nitrogens with two attached hydrogens (primary N) is 1. The predicted octanol–water partition coefficient (Wildman–Crippen LogP) is 3.74. The smallest absolute Gasteiger partial charge is 0.261 e. The molecule has 2 unspecified atom stereocenters. The first kappa shape index (κ1) is 19.0. The molecular weight excluding hydrogens is 374 g/mol. The summed E-state index contributed by atoms with van der Waals surface area (Å²) in [6.07, 6.45) is 3.15. The lowest BCUT2D eigenvalue weighted by molar-refractivity contribution is 0.0516. The zero-order valence-corrected chi connectivity index (χ0v) is 17.0. The average Bonchev–Trinajstić information content (AvgIpc) is 2.75. The van der Waals surface area contributed by atoms with Gasteiger partial charge in [-0.1, -0.05) is 54.1 Å². The Labute approximate surface area is 175 Å². The standard InChI is InChI=1S/C25H25N3O2/c1-16-5-4-6-17(11-16)12-18-13-21-24(20-8-3-2-7-19(18)20)27-15-28(25(21)29)23-9-10-30-14-22(23)26/h2-8,11,13,15,22-23H,9-10,12,14,26H2,1H3. The van der Waals surface area contributed by atoms with Crippen LogP contribution in [0.1, 0.15) is 29.2 Å². The fourth-order valence-corrected chi connectivity index (χ4v) is 4.57. The van der Waals surface area contributed by atoms with Crippen molar-refractivity contribution >= 4 is 21.7 Å². The highest BCUT2D eigenvalue weighted by atomic mass is 16.5. The van der Waals surface area contributed by atoms with Crippen molar-refractivity contribution in [2.75, 3.05) is 13.2 Å². The third-order valence-electron chi connectivity index (χ3n) is 6.07. The molecule has 2 atom stereocenters. The van der Waals surface area contributed by atoms with E-state index in [1.165, 1.54) is 11.1 Å². The van der Waals surface area contributed by atoms with Gasteiger partial charge in [-0.3, -0.25) is 9.36 Å². The summed E-state index contributed by atoms with van der Waals surface area (Å²) in [7, 11) is 0. The maximum atomic E-state index is 13.5. The highest BCUT2D eigenvalue weighted by Gasteiger charge is 2.26. The summed E-state index contributed by atoms with van der Waals surface area (Å²) in [5, 5.41) is 2.80. The summed E-state index contributed by atoms with van der Waals surface area (Å²) in [5.74, 6) is 0. The van der Waals surface area contributed by atoms with Crippen LogP contribution in [0.4, 0.5) is 0 Å². The van der Waals surface area contributed by atoms with E-state index in [-0.39, 0.29) is 17.6 Å². The lowest BCUT2D eigenvalue weighted by Crippen LogP contribution is -2.44. The summed E-state index contributed by atoms with van der Waals surface area (Å²) in [6, 6.07) is 18.4. The van der Waals surface area contributed by atoms with Crippen LogP contribution in [0.25, 0.3) is 21.7 Å². The Morgan fingerprint density at radius 2 is 1.93 bits per heavy atom. The van der Waals surface area contributed by atoms with Gasteiger partial charge in [0.2, 0.25) is 0 Å². The molecule has 5 rings (SSSR count). The summed E-state index contributed by atoms with van der Waals surface area (Å²) in [5.41, 5.74) is 10.6. The third kappa shape index (κ3) is 3.30. The molecule has 30 heavy (non-hydrogen) atoms. The Kier molecular flexibility index (Phi) is 4.85. The zero-order valence-electron chi connectivity index (χ0n) is 17.0. The number of nitrogens with zero attached hydrogens (tertiary/aromatic N) is 2. The first-order valence-corrected chi connectivity index (χ1v) is 10.4. The fraction of sp³-hybridized carbons (Fsp3) is 0.280. The van der Waals surface area contributed by atoms with Crippen molar-refractivity contribution in [1.29, 1.82) is 0 Å². The molecule has 1 saturated heterocycles. The summed E-state index contributed by atoms with van der Waals surface area (Å²) >= 11 is 0. The first-order chi connectivity index (χ1) is 14.6. The molecule has 5 nitrogen and oxygen atoms in total. The highest BCUT2D eigenvalue weighted by molar-refractivity contribution is 6.06. The van der Waals surface area contributed by atoms with E-state index in [2.05, 4.69) is 37.3 Å². The van der Waals surface area contributed by atoms with Crippen molar-refractivity contribution < 1.29 is 4.74 Å². The van der Waals surface area contributed by atoms with Crippen molar-refractivity contribution in [1.82, 2.24) is 9.55 Å². The summed E-state index contributed by atoms with van der Waals surface area (Å²) in [6.45, 7) is 3.17. The Balaban J connectivity index is 1.71. The van der Waals surface area contributed by atoms with Crippen LogP contribution in [-0.2, 0) is 11.2 Å². The van der Waals surface area contributed by atoms with Gasteiger partial charge in [0.05, 0.1) is 29.9 Å². The molecule has 1 aliphatic rings. The molecular formula is C25H25N3O2. The highest BCUT2D eigenvalue weighted by Crippen LogP contribution is 2.28. The number of hydrogen-bond acceptors (Lipinski definition) is 4. The van der Waals surface area contributed by atoms with Gasteiger partial charge in [-0.15, -0.1) is 0 Å². The SMILES string of the molecule is Cc1cccc(Cc2cc3c(=O)n(C4CCOCC4N)cnc3c3ccccc23)c1. The normalized spacial score (nSPS) is 19.4. The van der Waals surface area contributed by atoms with Gasteiger partial charge in [-0.2, -0.15) is 0 Å². The van der Waals surface area contributed by atoms with Gasteiger partial charge >= 0.3 is 0 Å². The minimum Gasteiger partial charge on any atom is -0.380 e. The van der Waals surface area contributed by atoms with Gasteiger partial charge in [-0.25, -0.2) is 4.98 Å². The molecule has 4 aromatic rings. The summed E-state index contributed by atoms with van der Waals surface area (Å²) in [4.78, 5) is 18.2. The van der Waals surface area contributed by atoms with Crippen molar-refractivity contribution in [3.05, 3.63) is 88.0 Å². The van der Waals surface area contributed by atoms with Crippen LogP contribution >= 0.6 is 0 Å². The van der Waals surface area contributed by atoms with Crippen LogP contribution in [0.5, 0.6) is 0 Å². The second-order valence-corrected chi connectivity index (χ2v) is 8.20. The quantitative estimate of drug-likeness (QED) is 0.533. The van der Waals surface area contributed by atoms with Crippen LogP contribution in [-0.4, -0.2) is 28.8 Å². The van der Waals surface area contributed by atoms with E-state index < -0.39 is 0 Å². The molecule has 0 bridgehead atoms. The van der Waals surface area contributed by atoms with E-state index >= 15 is 0 Å². The molecule has 1 aromatic heterocycles. The van der Waals surface area contributed by atoms with Crippen molar-refractivity contribution in [2.45, 2.75) is 31.8 Å². The van der Waals surface area contributed by atoms with Crippen LogP contribution in [0, 0.1) is 6.92 Å². The van der Waals surface area contributed by atoms with E-state index in [0.717, 1.165) is 34.7 Å². The number of aryl methyl sites for hydroxylation is 1. The number of ether oxygens (including phenoxy) is 1. The van der Waals surface area contributed by atoms with Gasteiger partial charge in [0.1, 0.15) is 0 Å². The molecule has 1 fully saturated rings. The second kappa shape index (κ2) is 7.67. The Bertz CT molecular complexity index is 1290. The van der Waals surface area contributed by atoms with E-state index in [9.17, 15) is 4.79 Å². The van der Waals surface area contributed by atoms with E-state index in [4.69, 9.17) is 15.5 Å². The summed E-state index contributed by atoms with van der Waals surface area (Å²) < 4.78 is 7.16. The first-order valence-electron chi connectivity index (χ1n) is 10.4. The molecule has 0 amide bonds. The molecule has 5 heteroatoms. The lowest BCUT2D eigenvalue weighted by Gasteiger charge is -2.30. The zero-order chi connectivity index (χ0) is 20.7. The largest absolute Gasteiger partial charge is 0.380 e. The molecule has 152 valence electrons. The van der Waals surface area contributed by atoms with Gasteiger partial charge in [-0.05, 0) is 42.3 Å². The molecule has 0 spiro atoms. The van der Waals surface area contributed by atoms with Gasteiger partial charge < -0.3 is 10.5 Å². The number of hydrogen-bond donors (Lipinski definition) is 1. The number of rotatable bonds is 3. The monoisotopic (exact) mass is 399 g/mol. The Hall–Kier alpha value is -3.02. The molecule has 1 aliphatic heterocycles. The predicted molar refractivity (Wildman–Crippen MR) is 120 cm³/mol. The average molecular weight is 399 g/mol.